The third-order valence-corrected chi connectivity index (χ3v) is 22.5. The normalized spacial score (nSPS) is 18.5. The number of rotatable bonds is 46. The van der Waals surface area contributed by atoms with Crippen molar-refractivity contribution in [2.45, 2.75) is 129 Å². The van der Waals surface area contributed by atoms with Gasteiger partial charge >= 0.3 is 18.1 Å². The SMILES string of the molecule is Cc1c(-c2ccc(N3CCc4cccc(C(=O)Nc5nc6ccccc6s5)c4C3)nc2C(=O)O)cnn1CC12CC3CC(C1)CC(OCCOCCOCCN(C)C(=O)OCc1ccc(N(C(N)=O)C(=O)[C@H](CCCN)NC(=O)[C@@H](NC(=O)CCOCCOCCOCCOCCNC(=O)CCN4C(=O)C=CC4=O)C(C)C)cc1)(C3)C2. The van der Waals surface area contributed by atoms with Gasteiger partial charge in [-0.15, -0.1) is 0 Å². The van der Waals surface area contributed by atoms with Crippen LogP contribution in [0, 0.1) is 30.1 Å². The van der Waals surface area contributed by atoms with Gasteiger partial charge in [-0.2, -0.15) is 5.10 Å². The highest BCUT2D eigenvalue weighted by atomic mass is 32.1. The molecule has 4 aliphatic carbocycles. The molecule has 0 radical (unpaired) electrons. The number of urea groups is 1. The van der Waals surface area contributed by atoms with E-state index in [-0.39, 0.29) is 133 Å². The number of nitrogens with two attached hydrogens (primary N) is 2. The van der Waals surface area contributed by atoms with E-state index in [1.165, 1.54) is 46.9 Å². The second-order valence-electron chi connectivity index (χ2n) is 30.3. The van der Waals surface area contributed by atoms with Crippen LogP contribution < -0.4 is 42.5 Å². The summed E-state index contributed by atoms with van der Waals surface area (Å²) in [6.07, 6.45) is 10.6. The number of carboxylic acid groups (broad SMARTS) is 1. The number of benzene rings is 3. The number of hydrogen-bond donors (Lipinski definition) is 7. The predicted molar refractivity (Wildman–Crippen MR) is 428 cm³/mol. The van der Waals surface area contributed by atoms with Crippen molar-refractivity contribution >= 4 is 97.6 Å². The zero-order chi connectivity index (χ0) is 82.3. The average molecular weight is 1620 g/mol. The molecule has 4 fully saturated rings. The highest BCUT2D eigenvalue weighted by Gasteiger charge is 2.58. The molecule has 12 rings (SSSR count). The van der Waals surface area contributed by atoms with Gasteiger partial charge in [0.25, 0.3) is 23.6 Å². The third kappa shape index (κ3) is 23.4. The molecule has 3 aromatic heterocycles. The van der Waals surface area contributed by atoms with Crippen molar-refractivity contribution < 1.29 is 90.9 Å². The van der Waals surface area contributed by atoms with Gasteiger partial charge in [0.2, 0.25) is 17.7 Å². The number of aromatic carboxylic acids is 1. The molecule has 6 aromatic rings. The van der Waals surface area contributed by atoms with Crippen LogP contribution in [0.25, 0.3) is 21.3 Å². The first-order valence-electron chi connectivity index (χ1n) is 39.6. The molecule has 4 bridgehead atoms. The van der Waals surface area contributed by atoms with E-state index in [2.05, 4.69) is 26.3 Å². The minimum atomic E-state index is -1.25. The molecule has 5 heterocycles. The second kappa shape index (κ2) is 41.6. The van der Waals surface area contributed by atoms with Crippen LogP contribution in [-0.4, -0.2) is 237 Å². The molecule has 624 valence electrons. The molecule has 0 spiro atoms. The summed E-state index contributed by atoms with van der Waals surface area (Å²) >= 11 is 1.42. The van der Waals surface area contributed by atoms with E-state index < -0.39 is 65.6 Å². The Balaban J connectivity index is 0.546. The second-order valence-corrected chi connectivity index (χ2v) is 31.4. The maximum atomic E-state index is 14.1. The molecule has 9 N–H and O–H groups in total. The summed E-state index contributed by atoms with van der Waals surface area (Å²) in [6.45, 7) is 11.2. The first kappa shape index (κ1) is 86.7. The Morgan fingerprint density at radius 2 is 1.41 bits per heavy atom. The van der Waals surface area contributed by atoms with Crippen LogP contribution in [-0.2, 0) is 92.8 Å². The third-order valence-electron chi connectivity index (χ3n) is 21.5. The first-order valence-corrected chi connectivity index (χ1v) is 40.4. The number of pyridine rings is 1. The molecule has 6 aliphatic rings. The summed E-state index contributed by atoms with van der Waals surface area (Å²) in [5.41, 5.74) is 17.2. The Morgan fingerprint density at radius 1 is 0.741 bits per heavy atom. The maximum Gasteiger partial charge on any atom is 0.409 e. The van der Waals surface area contributed by atoms with Gasteiger partial charge in [0.05, 0.1) is 114 Å². The zero-order valence-electron chi connectivity index (χ0n) is 66.2. The minimum absolute atomic E-state index is 0.00596. The number of carbonyl (C=O) groups is 10. The van der Waals surface area contributed by atoms with Crippen LogP contribution >= 0.6 is 11.3 Å². The van der Waals surface area contributed by atoms with Gasteiger partial charge in [0.1, 0.15) is 24.5 Å². The number of aromatic nitrogens is 4. The van der Waals surface area contributed by atoms with Crippen molar-refractivity contribution in [2.24, 2.45) is 34.6 Å². The van der Waals surface area contributed by atoms with Crippen LogP contribution in [0.15, 0.2) is 97.2 Å². The molecule has 34 heteroatoms. The van der Waals surface area contributed by atoms with Gasteiger partial charge in [-0.3, -0.25) is 48.5 Å². The number of fused-ring (bicyclic) bond motifs is 2. The van der Waals surface area contributed by atoms with Crippen molar-refractivity contribution in [3.8, 4) is 11.1 Å². The number of hydrogen-bond acceptors (Lipinski definition) is 24. The van der Waals surface area contributed by atoms with Crippen molar-refractivity contribution in [1.82, 2.24) is 45.5 Å². The Morgan fingerprint density at radius 3 is 2.09 bits per heavy atom. The molecule has 2 aliphatic heterocycles. The van der Waals surface area contributed by atoms with Gasteiger partial charge < -0.3 is 80.2 Å². The smallest absolute Gasteiger partial charge is 0.409 e. The number of primary amides is 1. The number of nitrogens with zero attached hydrogens (tertiary/aromatic N) is 8. The van der Waals surface area contributed by atoms with Crippen molar-refractivity contribution in [3.05, 3.63) is 131 Å². The largest absolute Gasteiger partial charge is 0.476 e. The van der Waals surface area contributed by atoms with E-state index in [4.69, 9.17) is 59.4 Å². The standard InChI is InChI=1S/C82H106N14O19S/c1-53(2)72(90-69(98)24-30-108-33-36-111-39-40-112-37-34-109-31-26-85-68(97)23-28-94-70(99)20-21-71(94)100)75(102)87-65(12-8-25-83)76(103)96(78(84)106)59-16-14-55(15-17-59)50-114-80(107)92(4)29-32-110-35-38-113-41-42-115-82-46-56-43-57(47-82)45-81(44-56,51-82)52-95-54(3)62(48-86-95)60-18-19-67(89-73(60)77(104)105)93-27-22-58-9-7-10-61(63(58)49-93)74(101)91-79-88-64-11-5-6-13-66(64)116-79/h5-7,9-11,13-21,48,53,56-57,65,72H,8,12,22-47,49-52,83H2,1-4H3,(H2,84,106)(H,85,97)(H,87,102)(H,90,98)(H,104,105)(H,88,91,101)/t56?,57?,65-,72-,81?,82?/m0/s1. The average Bonchev–Trinajstić information content (AvgIpc) is 0.974. The summed E-state index contributed by atoms with van der Waals surface area (Å²) in [7, 11) is 1.58. The van der Waals surface area contributed by atoms with E-state index in [0.29, 0.717) is 117 Å². The van der Waals surface area contributed by atoms with Gasteiger partial charge in [-0.25, -0.2) is 29.3 Å². The van der Waals surface area contributed by atoms with Crippen molar-refractivity contribution in [1.29, 1.82) is 0 Å². The van der Waals surface area contributed by atoms with Crippen LogP contribution in [0.4, 0.5) is 26.2 Å². The van der Waals surface area contributed by atoms with Gasteiger partial charge in [-0.1, -0.05) is 61.6 Å². The lowest BCUT2D eigenvalue weighted by Crippen LogP contribution is -2.58. The van der Waals surface area contributed by atoms with Gasteiger partial charge in [0.15, 0.2) is 10.8 Å². The highest BCUT2D eigenvalue weighted by Crippen LogP contribution is 2.63. The molecule has 33 nitrogen and oxygen atoms in total. The number of para-hydroxylation sites is 1. The fourth-order valence-electron chi connectivity index (χ4n) is 16.2. The van der Waals surface area contributed by atoms with Crippen LogP contribution in [0.2, 0.25) is 0 Å². The summed E-state index contributed by atoms with van der Waals surface area (Å²) in [6, 6.07) is 19.8. The zero-order valence-corrected chi connectivity index (χ0v) is 67.0. The predicted octanol–water partition coefficient (Wildman–Crippen LogP) is 6.70. The van der Waals surface area contributed by atoms with E-state index >= 15 is 0 Å². The van der Waals surface area contributed by atoms with E-state index in [1.807, 2.05) is 71.1 Å². The number of nitrogens with one attached hydrogen (secondary N) is 4. The lowest BCUT2D eigenvalue weighted by Gasteiger charge is -2.61. The molecular weight excluding hydrogens is 1520 g/mol. The van der Waals surface area contributed by atoms with Crippen molar-refractivity contribution in [2.75, 3.05) is 141 Å². The Kier molecular flexibility index (Phi) is 31.1. The molecule has 2 unspecified atom stereocenters. The van der Waals surface area contributed by atoms with Crippen LogP contribution in [0.3, 0.4) is 0 Å². The highest BCUT2D eigenvalue weighted by molar-refractivity contribution is 7.22. The Hall–Kier alpha value is -10.2. The Bertz CT molecular complexity index is 4410. The van der Waals surface area contributed by atoms with E-state index in [0.717, 1.165) is 68.9 Å². The topological polar surface area (TPSA) is 421 Å². The summed E-state index contributed by atoms with van der Waals surface area (Å²) in [4.78, 5) is 143. The Labute approximate surface area is 677 Å². The number of anilines is 3. The molecule has 0 saturated heterocycles. The number of ether oxygens (including phenoxy) is 8. The quantitative estimate of drug-likeness (QED) is 0.0154. The summed E-state index contributed by atoms with van der Waals surface area (Å²) < 4.78 is 49.2. The van der Waals surface area contributed by atoms with Crippen LogP contribution in [0.5, 0.6) is 0 Å². The van der Waals surface area contributed by atoms with E-state index in [9.17, 15) is 53.1 Å². The first-order chi connectivity index (χ1) is 56.0. The summed E-state index contributed by atoms with van der Waals surface area (Å²) in [5, 5.41) is 27.2. The lowest BCUT2D eigenvalue weighted by molar-refractivity contribution is -0.201. The molecule has 10 amide bonds. The number of carboxylic acids is 1. The monoisotopic (exact) mass is 1620 g/mol. The molecule has 4 atom stereocenters. The molecular formula is C82H106N14O19S. The summed E-state index contributed by atoms with van der Waals surface area (Å²) in [5.74, 6) is -3.37. The number of likely N-dealkylation sites (N-methyl/N-ethyl adjacent to an activating group) is 1. The molecule has 116 heavy (non-hydrogen) atoms. The number of imide groups is 2. The fraction of sp³-hybridized carbons (Fsp3) is 0.524. The van der Waals surface area contributed by atoms with Gasteiger partial charge in [-0.05, 0) is 154 Å². The minimum Gasteiger partial charge on any atom is -0.476 e. The van der Waals surface area contributed by atoms with Gasteiger partial charge in [0, 0.05) is 93.7 Å². The fourth-order valence-corrected chi connectivity index (χ4v) is 17.1. The lowest BCUT2D eigenvalue weighted by atomic mass is 9.48. The van der Waals surface area contributed by atoms with E-state index in [1.54, 1.807) is 39.2 Å². The number of amides is 10. The maximum absolute atomic E-state index is 14.1. The molecule has 4 saturated carbocycles. The molecule has 3 aromatic carbocycles. The number of thiazole rings is 1. The number of carbonyl (C=O) groups excluding carboxylic acids is 9. The van der Waals surface area contributed by atoms with Crippen molar-refractivity contribution in [3.63, 3.8) is 0 Å². The van der Waals surface area contributed by atoms with Crippen LogP contribution in [0.1, 0.15) is 121 Å².